The van der Waals surface area contributed by atoms with Crippen molar-refractivity contribution in [2.45, 2.75) is 77.6 Å². The zero-order chi connectivity index (χ0) is 18.1. The topological polar surface area (TPSA) is 23.8 Å². The van der Waals surface area contributed by atoms with Crippen LogP contribution in [0.4, 0.5) is 4.39 Å². The van der Waals surface area contributed by atoms with Crippen LogP contribution in [0.25, 0.3) is 0 Å². The van der Waals surface area contributed by atoms with Crippen molar-refractivity contribution in [2.75, 3.05) is 0 Å². The minimum absolute atomic E-state index is 0.525. The number of nitriles is 1. The predicted octanol–water partition coefficient (Wildman–Crippen LogP) is 7.28. The molecule has 0 aromatic heterocycles. The third kappa shape index (κ3) is 6.46. The number of allylic oxidation sites excluding steroid dienone is 5. The molecule has 2 rings (SSSR count). The molecule has 0 aromatic carbocycles. The molecule has 0 aromatic rings. The Labute approximate surface area is 153 Å². The second-order valence-corrected chi connectivity index (χ2v) is 8.06. The van der Waals surface area contributed by atoms with E-state index in [1.165, 1.54) is 75.5 Å². The summed E-state index contributed by atoms with van der Waals surface area (Å²) in [4.78, 5) is 0. The zero-order valence-corrected chi connectivity index (χ0v) is 15.9. The van der Waals surface area contributed by atoms with Crippen LogP contribution in [0.5, 0.6) is 0 Å². The van der Waals surface area contributed by atoms with Crippen molar-refractivity contribution >= 4 is 0 Å². The van der Waals surface area contributed by atoms with Crippen LogP contribution < -0.4 is 0 Å². The van der Waals surface area contributed by atoms with Gasteiger partial charge in [-0.25, -0.2) is 0 Å². The Balaban J connectivity index is 1.72. The highest BCUT2D eigenvalue weighted by Gasteiger charge is 2.28. The van der Waals surface area contributed by atoms with Crippen LogP contribution in [0.3, 0.4) is 0 Å². The van der Waals surface area contributed by atoms with E-state index in [4.69, 9.17) is 5.26 Å². The molecule has 2 aliphatic carbocycles. The van der Waals surface area contributed by atoms with E-state index in [1.54, 1.807) is 6.08 Å². The van der Waals surface area contributed by atoms with E-state index in [1.807, 2.05) is 0 Å². The van der Waals surface area contributed by atoms with E-state index < -0.39 is 5.83 Å². The molecule has 0 spiro atoms. The van der Waals surface area contributed by atoms with E-state index in [-0.39, 0.29) is 0 Å². The molecule has 138 valence electrons. The molecule has 2 heteroatoms. The Morgan fingerprint density at radius 1 is 1.08 bits per heavy atom. The van der Waals surface area contributed by atoms with Crippen molar-refractivity contribution in [1.29, 1.82) is 5.26 Å². The average molecular weight is 344 g/mol. The summed E-state index contributed by atoms with van der Waals surface area (Å²) in [5.41, 5.74) is 1.52. The van der Waals surface area contributed by atoms with Crippen LogP contribution in [0.2, 0.25) is 0 Å². The lowest BCUT2D eigenvalue weighted by atomic mass is 9.70. The summed E-state index contributed by atoms with van der Waals surface area (Å²) >= 11 is 0. The zero-order valence-electron chi connectivity index (χ0n) is 15.9. The Morgan fingerprint density at radius 3 is 2.24 bits per heavy atom. The van der Waals surface area contributed by atoms with E-state index in [0.29, 0.717) is 11.8 Å². The molecule has 0 bridgehead atoms. The molecule has 0 atom stereocenters. The minimum atomic E-state index is -0.715. The standard InChI is InChI=1S/C23H34FN/c1-3-4-6-19-9-13-21(14-10-19)18(2)22-15-11-20(12-16-22)7-5-8-23(24)17-25/h5,7-8,19-22H,2-4,6,9-16H2,1H3/b7-5+,23-8-/t19-,20-,21-,22-. The van der Waals surface area contributed by atoms with E-state index in [2.05, 4.69) is 19.6 Å². The molecular weight excluding hydrogens is 309 g/mol. The monoisotopic (exact) mass is 343 g/mol. The number of hydrogen-bond acceptors (Lipinski definition) is 1. The first kappa shape index (κ1) is 20.0. The third-order valence-corrected chi connectivity index (χ3v) is 6.37. The molecule has 2 fully saturated rings. The van der Waals surface area contributed by atoms with Crippen LogP contribution >= 0.6 is 0 Å². The average Bonchev–Trinajstić information content (AvgIpc) is 2.66. The van der Waals surface area contributed by atoms with Crippen molar-refractivity contribution in [3.8, 4) is 6.07 Å². The lowest BCUT2D eigenvalue weighted by Gasteiger charge is -2.35. The normalized spacial score (nSPS) is 31.0. The smallest absolute Gasteiger partial charge is 0.195 e. The molecule has 0 unspecified atom stereocenters. The maximum absolute atomic E-state index is 12.8. The van der Waals surface area contributed by atoms with Gasteiger partial charge in [0.15, 0.2) is 5.83 Å². The number of nitrogens with zero attached hydrogens (tertiary/aromatic N) is 1. The van der Waals surface area contributed by atoms with E-state index in [9.17, 15) is 4.39 Å². The molecule has 0 amide bonds. The largest absolute Gasteiger partial charge is 0.199 e. The number of halogens is 1. The van der Waals surface area contributed by atoms with Crippen LogP contribution in [-0.4, -0.2) is 0 Å². The van der Waals surface area contributed by atoms with Gasteiger partial charge in [0.25, 0.3) is 0 Å². The van der Waals surface area contributed by atoms with Crippen molar-refractivity contribution in [1.82, 2.24) is 0 Å². The fourth-order valence-electron chi connectivity index (χ4n) is 4.66. The molecule has 0 aliphatic heterocycles. The van der Waals surface area contributed by atoms with Gasteiger partial charge in [-0.2, -0.15) is 9.65 Å². The molecule has 2 aliphatic rings. The van der Waals surface area contributed by atoms with Crippen molar-refractivity contribution < 1.29 is 4.39 Å². The van der Waals surface area contributed by atoms with Gasteiger partial charge in [-0.3, -0.25) is 0 Å². The van der Waals surface area contributed by atoms with Gasteiger partial charge in [-0.05, 0) is 81.1 Å². The van der Waals surface area contributed by atoms with Gasteiger partial charge in [0.05, 0.1) is 0 Å². The van der Waals surface area contributed by atoms with Crippen LogP contribution in [0.15, 0.2) is 36.2 Å². The summed E-state index contributed by atoms with van der Waals surface area (Å²) in [5.74, 6) is 2.21. The SMILES string of the molecule is C=C([C@H]1CC[C@H](/C=C/C=C(\F)C#N)CC1)[C@H]1CC[C@H](CCCC)CC1. The van der Waals surface area contributed by atoms with Gasteiger partial charge in [0, 0.05) is 0 Å². The van der Waals surface area contributed by atoms with Crippen LogP contribution in [0.1, 0.15) is 77.6 Å². The predicted molar refractivity (Wildman–Crippen MR) is 104 cm³/mol. The number of rotatable bonds is 7. The maximum Gasteiger partial charge on any atom is 0.199 e. The fraction of sp³-hybridized carbons (Fsp3) is 0.696. The molecule has 0 radical (unpaired) electrons. The first-order chi connectivity index (χ1) is 12.1. The van der Waals surface area contributed by atoms with E-state index >= 15 is 0 Å². The molecule has 0 heterocycles. The Bertz CT molecular complexity index is 509. The molecule has 25 heavy (non-hydrogen) atoms. The molecule has 0 saturated heterocycles. The first-order valence-corrected chi connectivity index (χ1v) is 10.3. The van der Waals surface area contributed by atoms with Crippen molar-refractivity contribution in [3.05, 3.63) is 36.2 Å². The summed E-state index contributed by atoms with van der Waals surface area (Å²) in [6, 6.07) is 1.51. The summed E-state index contributed by atoms with van der Waals surface area (Å²) in [6.45, 7) is 6.78. The summed E-state index contributed by atoms with van der Waals surface area (Å²) in [5, 5.41) is 8.41. The summed E-state index contributed by atoms with van der Waals surface area (Å²) in [6.07, 6.45) is 19.4. The summed E-state index contributed by atoms with van der Waals surface area (Å²) < 4.78 is 12.8. The van der Waals surface area contributed by atoms with Crippen LogP contribution in [-0.2, 0) is 0 Å². The van der Waals surface area contributed by atoms with Crippen molar-refractivity contribution in [3.63, 3.8) is 0 Å². The van der Waals surface area contributed by atoms with Gasteiger partial charge in [0.2, 0.25) is 0 Å². The Kier molecular flexibility index (Phi) is 8.45. The Morgan fingerprint density at radius 2 is 1.68 bits per heavy atom. The summed E-state index contributed by atoms with van der Waals surface area (Å²) in [7, 11) is 0. The second kappa shape index (κ2) is 10.6. The van der Waals surface area contributed by atoms with Gasteiger partial charge in [0.1, 0.15) is 6.07 Å². The van der Waals surface area contributed by atoms with Gasteiger partial charge in [-0.15, -0.1) is 0 Å². The highest BCUT2D eigenvalue weighted by Crippen LogP contribution is 2.42. The first-order valence-electron chi connectivity index (χ1n) is 10.3. The molecule has 2 saturated carbocycles. The van der Waals surface area contributed by atoms with Crippen molar-refractivity contribution in [2.24, 2.45) is 23.7 Å². The van der Waals surface area contributed by atoms with Gasteiger partial charge in [-0.1, -0.05) is 50.5 Å². The second-order valence-electron chi connectivity index (χ2n) is 8.06. The maximum atomic E-state index is 12.8. The Hall–Kier alpha value is -1.36. The number of hydrogen-bond donors (Lipinski definition) is 0. The van der Waals surface area contributed by atoms with Gasteiger partial charge >= 0.3 is 0 Å². The fourth-order valence-corrected chi connectivity index (χ4v) is 4.66. The van der Waals surface area contributed by atoms with Gasteiger partial charge < -0.3 is 0 Å². The quantitative estimate of drug-likeness (QED) is 0.271. The van der Waals surface area contributed by atoms with Crippen LogP contribution in [0, 0.1) is 35.0 Å². The third-order valence-electron chi connectivity index (χ3n) is 6.37. The lowest BCUT2D eigenvalue weighted by Crippen LogP contribution is -2.22. The molecule has 0 N–H and O–H groups in total. The number of unbranched alkanes of at least 4 members (excludes halogenated alkanes) is 1. The lowest BCUT2D eigenvalue weighted by molar-refractivity contribution is 0.253. The van der Waals surface area contributed by atoms with E-state index in [0.717, 1.165) is 24.7 Å². The highest BCUT2D eigenvalue weighted by molar-refractivity contribution is 5.19. The molecular formula is C23H34FN. The minimum Gasteiger partial charge on any atom is -0.195 e. The molecule has 1 nitrogen and oxygen atoms in total. The highest BCUT2D eigenvalue weighted by atomic mass is 19.1.